The average molecular weight is 264 g/mol. The minimum absolute atomic E-state index is 0.101. The molecule has 0 heterocycles. The molecular weight excluding hydrogens is 248 g/mol. The first-order valence-corrected chi connectivity index (χ1v) is 6.59. The maximum Gasteiger partial charge on any atom is 0.255 e. The second kappa shape index (κ2) is 6.53. The van der Waals surface area contributed by atoms with Crippen LogP contribution in [0.1, 0.15) is 28.4 Å². The lowest BCUT2D eigenvalue weighted by molar-refractivity contribution is 0.102. The van der Waals surface area contributed by atoms with Gasteiger partial charge in [-0.2, -0.15) is 5.26 Å². The monoisotopic (exact) mass is 264 g/mol. The van der Waals surface area contributed by atoms with Crippen LogP contribution in [0.3, 0.4) is 0 Å². The van der Waals surface area contributed by atoms with E-state index in [9.17, 15) is 4.79 Å². The van der Waals surface area contributed by atoms with Gasteiger partial charge in [-0.15, -0.1) is 0 Å². The van der Waals surface area contributed by atoms with Gasteiger partial charge in [0.15, 0.2) is 0 Å². The van der Waals surface area contributed by atoms with Crippen LogP contribution >= 0.6 is 0 Å². The molecule has 0 unspecified atom stereocenters. The molecule has 20 heavy (non-hydrogen) atoms. The summed E-state index contributed by atoms with van der Waals surface area (Å²) < 4.78 is 0. The maximum atomic E-state index is 12.2. The third-order valence-corrected chi connectivity index (χ3v) is 3.14. The predicted octanol–water partition coefficient (Wildman–Crippen LogP) is 3.57. The van der Waals surface area contributed by atoms with E-state index in [1.54, 1.807) is 0 Å². The largest absolute Gasteiger partial charge is 0.322 e. The first-order valence-electron chi connectivity index (χ1n) is 6.59. The molecule has 1 N–H and O–H groups in total. The van der Waals surface area contributed by atoms with Crippen LogP contribution in [-0.2, 0) is 12.8 Å². The number of amides is 1. The van der Waals surface area contributed by atoms with E-state index in [4.69, 9.17) is 5.26 Å². The summed E-state index contributed by atoms with van der Waals surface area (Å²) in [6.07, 6.45) is 1.21. The highest BCUT2D eigenvalue weighted by molar-refractivity contribution is 6.05. The van der Waals surface area contributed by atoms with Crippen molar-refractivity contribution in [2.45, 2.75) is 19.8 Å². The van der Waals surface area contributed by atoms with Crippen LogP contribution in [0.4, 0.5) is 5.69 Å². The second-order valence-corrected chi connectivity index (χ2v) is 4.50. The summed E-state index contributed by atoms with van der Waals surface area (Å²) in [5.74, 6) is -0.101. The quantitative estimate of drug-likeness (QED) is 0.917. The number of carbonyl (C=O) groups is 1. The number of nitrogens with zero attached hydrogens (tertiary/aromatic N) is 1. The van der Waals surface area contributed by atoms with Crippen molar-refractivity contribution in [1.82, 2.24) is 0 Å². The summed E-state index contributed by atoms with van der Waals surface area (Å²) in [4.78, 5) is 12.2. The van der Waals surface area contributed by atoms with Crippen molar-refractivity contribution in [3.05, 3.63) is 65.2 Å². The summed E-state index contributed by atoms with van der Waals surface area (Å²) in [7, 11) is 0. The Morgan fingerprint density at radius 2 is 1.85 bits per heavy atom. The van der Waals surface area contributed by atoms with Crippen LogP contribution in [0.5, 0.6) is 0 Å². The normalized spacial score (nSPS) is 9.80. The van der Waals surface area contributed by atoms with Crippen molar-refractivity contribution < 1.29 is 4.79 Å². The molecule has 0 aliphatic carbocycles. The minimum atomic E-state index is -0.101. The van der Waals surface area contributed by atoms with E-state index < -0.39 is 0 Å². The number of benzene rings is 2. The maximum absolute atomic E-state index is 12.2. The summed E-state index contributed by atoms with van der Waals surface area (Å²) in [5, 5.41) is 11.5. The van der Waals surface area contributed by atoms with Crippen molar-refractivity contribution in [2.24, 2.45) is 0 Å². The number of aryl methyl sites for hydroxylation is 1. The van der Waals surface area contributed by atoms with Gasteiger partial charge in [0.1, 0.15) is 0 Å². The zero-order valence-electron chi connectivity index (χ0n) is 11.4. The first-order chi connectivity index (χ1) is 9.74. The Morgan fingerprint density at radius 3 is 2.50 bits per heavy atom. The van der Waals surface area contributed by atoms with Gasteiger partial charge >= 0.3 is 0 Å². The highest BCUT2D eigenvalue weighted by Gasteiger charge is 2.09. The number of nitriles is 1. The van der Waals surface area contributed by atoms with Crippen LogP contribution in [0.2, 0.25) is 0 Å². The lowest BCUT2D eigenvalue weighted by Crippen LogP contribution is -2.14. The highest BCUT2D eigenvalue weighted by Crippen LogP contribution is 2.14. The Kier molecular flexibility index (Phi) is 4.52. The molecule has 2 aromatic rings. The summed E-state index contributed by atoms with van der Waals surface area (Å²) in [6, 6.07) is 17.0. The average Bonchev–Trinajstić information content (AvgIpc) is 2.49. The zero-order chi connectivity index (χ0) is 14.4. The molecule has 0 aliphatic rings. The van der Waals surface area contributed by atoms with Gasteiger partial charge in [0.25, 0.3) is 5.91 Å². The van der Waals surface area contributed by atoms with Gasteiger partial charge in [0.2, 0.25) is 0 Å². The molecule has 3 heteroatoms. The molecule has 1 amide bonds. The Bertz CT molecular complexity index is 639. The Balaban J connectivity index is 2.13. The van der Waals surface area contributed by atoms with Crippen molar-refractivity contribution >= 4 is 11.6 Å². The summed E-state index contributed by atoms with van der Waals surface area (Å²) >= 11 is 0. The van der Waals surface area contributed by atoms with E-state index in [1.165, 1.54) is 0 Å². The van der Waals surface area contributed by atoms with Gasteiger partial charge in [0.05, 0.1) is 12.5 Å². The fraction of sp³-hybridized carbons (Fsp3) is 0.176. The van der Waals surface area contributed by atoms with Crippen molar-refractivity contribution in [1.29, 1.82) is 5.26 Å². The SMILES string of the molecule is CCc1ccccc1C(=O)Nc1ccc(CC#N)cc1. The molecule has 0 saturated carbocycles. The number of carbonyl (C=O) groups excluding carboxylic acids is 1. The molecule has 0 saturated heterocycles. The Labute approximate surface area is 118 Å². The highest BCUT2D eigenvalue weighted by atomic mass is 16.1. The van der Waals surface area contributed by atoms with E-state index in [0.717, 1.165) is 23.2 Å². The third kappa shape index (κ3) is 3.24. The number of rotatable bonds is 4. The molecule has 0 aromatic heterocycles. The van der Waals surface area contributed by atoms with Crippen molar-refractivity contribution in [2.75, 3.05) is 5.32 Å². The summed E-state index contributed by atoms with van der Waals surface area (Å²) in [6.45, 7) is 2.03. The van der Waals surface area contributed by atoms with Crippen LogP contribution < -0.4 is 5.32 Å². The topological polar surface area (TPSA) is 52.9 Å². The molecular formula is C17H16N2O. The first kappa shape index (κ1) is 13.8. The molecule has 0 bridgehead atoms. The van der Waals surface area contributed by atoms with Gasteiger partial charge < -0.3 is 5.32 Å². The molecule has 100 valence electrons. The van der Waals surface area contributed by atoms with Gasteiger partial charge in [-0.25, -0.2) is 0 Å². The Hall–Kier alpha value is -2.60. The van der Waals surface area contributed by atoms with Crippen LogP contribution in [0.15, 0.2) is 48.5 Å². The van der Waals surface area contributed by atoms with E-state index in [1.807, 2.05) is 55.5 Å². The third-order valence-electron chi connectivity index (χ3n) is 3.14. The second-order valence-electron chi connectivity index (χ2n) is 4.50. The van der Waals surface area contributed by atoms with Gasteiger partial charge in [0, 0.05) is 11.3 Å². The van der Waals surface area contributed by atoms with Crippen LogP contribution in [0.25, 0.3) is 0 Å². The zero-order valence-corrected chi connectivity index (χ0v) is 11.4. The predicted molar refractivity (Wildman–Crippen MR) is 79.5 cm³/mol. The molecule has 2 rings (SSSR count). The smallest absolute Gasteiger partial charge is 0.255 e. The van der Waals surface area contributed by atoms with Gasteiger partial charge in [-0.1, -0.05) is 37.3 Å². The fourth-order valence-electron chi connectivity index (χ4n) is 2.05. The van der Waals surface area contributed by atoms with E-state index in [0.29, 0.717) is 12.0 Å². The summed E-state index contributed by atoms with van der Waals surface area (Å²) in [5.41, 5.74) is 3.42. The minimum Gasteiger partial charge on any atom is -0.322 e. The van der Waals surface area contributed by atoms with Crippen molar-refractivity contribution in [3.63, 3.8) is 0 Å². The van der Waals surface area contributed by atoms with Crippen LogP contribution in [0, 0.1) is 11.3 Å². The number of anilines is 1. The fourth-order valence-corrected chi connectivity index (χ4v) is 2.05. The molecule has 0 fully saturated rings. The van der Waals surface area contributed by atoms with E-state index >= 15 is 0 Å². The number of hydrogen-bond acceptors (Lipinski definition) is 2. The van der Waals surface area contributed by atoms with E-state index in [2.05, 4.69) is 11.4 Å². The number of nitrogens with one attached hydrogen (secondary N) is 1. The molecule has 2 aromatic carbocycles. The van der Waals surface area contributed by atoms with Gasteiger partial charge in [-0.05, 0) is 35.7 Å². The molecule has 0 radical (unpaired) electrons. The molecule has 0 spiro atoms. The number of hydrogen-bond donors (Lipinski definition) is 1. The molecule has 3 nitrogen and oxygen atoms in total. The van der Waals surface area contributed by atoms with Crippen LogP contribution in [-0.4, -0.2) is 5.91 Å². The Morgan fingerprint density at radius 1 is 1.15 bits per heavy atom. The lowest BCUT2D eigenvalue weighted by atomic mass is 10.0. The lowest BCUT2D eigenvalue weighted by Gasteiger charge is -2.09. The van der Waals surface area contributed by atoms with E-state index in [-0.39, 0.29) is 5.91 Å². The van der Waals surface area contributed by atoms with Crippen molar-refractivity contribution in [3.8, 4) is 6.07 Å². The standard InChI is InChI=1S/C17H16N2O/c1-2-14-5-3-4-6-16(14)17(20)19-15-9-7-13(8-10-15)11-12-18/h3-10H,2,11H2,1H3,(H,19,20). The molecule has 0 atom stereocenters. The van der Waals surface area contributed by atoms with Gasteiger partial charge in [-0.3, -0.25) is 4.79 Å². The molecule has 0 aliphatic heterocycles.